The summed E-state index contributed by atoms with van der Waals surface area (Å²) in [5.41, 5.74) is 5.13. The molecule has 0 aromatic carbocycles. The Bertz CT molecular complexity index is 371. The first-order valence-electron chi connectivity index (χ1n) is 7.23. The zero-order valence-corrected chi connectivity index (χ0v) is 13.3. The van der Waals surface area contributed by atoms with E-state index in [0.29, 0.717) is 19.3 Å². The molecule has 0 aliphatic heterocycles. The van der Waals surface area contributed by atoms with Crippen molar-refractivity contribution in [1.29, 1.82) is 0 Å². The largest absolute Gasteiger partial charge is 0.481 e. The highest BCUT2D eigenvalue weighted by molar-refractivity contribution is 5.83. The van der Waals surface area contributed by atoms with Crippen LogP contribution in [-0.2, 0) is 9.59 Å². The van der Waals surface area contributed by atoms with E-state index in [1.165, 1.54) is 4.90 Å². The lowest BCUT2D eigenvalue weighted by Gasteiger charge is -2.27. The predicted octanol–water partition coefficient (Wildman–Crippen LogP) is 1.17. The van der Waals surface area contributed by atoms with Crippen LogP contribution in [0.15, 0.2) is 0 Å². The molecule has 0 aromatic heterocycles. The molecular formula is C14H27N3O4. The van der Waals surface area contributed by atoms with Crippen LogP contribution in [0.25, 0.3) is 0 Å². The number of aliphatic carboxylic acids is 1. The molecule has 0 radical (unpaired) electrons. The fourth-order valence-electron chi connectivity index (χ4n) is 1.88. The minimum atomic E-state index is -0.806. The molecule has 21 heavy (non-hydrogen) atoms. The maximum absolute atomic E-state index is 12.0. The Morgan fingerprint density at radius 1 is 1.14 bits per heavy atom. The summed E-state index contributed by atoms with van der Waals surface area (Å²) in [7, 11) is 0. The van der Waals surface area contributed by atoms with Crippen LogP contribution in [0.4, 0.5) is 4.79 Å². The highest BCUT2D eigenvalue weighted by Crippen LogP contribution is 2.10. The molecule has 3 amide bonds. The van der Waals surface area contributed by atoms with E-state index in [4.69, 9.17) is 10.8 Å². The smallest absolute Gasteiger partial charge is 0.318 e. The van der Waals surface area contributed by atoms with Gasteiger partial charge in [0.15, 0.2) is 0 Å². The third kappa shape index (κ3) is 8.16. The normalized spacial score (nSPS) is 13.6. The van der Waals surface area contributed by atoms with Crippen molar-refractivity contribution in [2.45, 2.75) is 59.0 Å². The van der Waals surface area contributed by atoms with Crippen molar-refractivity contribution < 1.29 is 19.5 Å². The van der Waals surface area contributed by atoms with Gasteiger partial charge in [-0.2, -0.15) is 0 Å². The first-order chi connectivity index (χ1) is 9.65. The Morgan fingerprint density at radius 3 is 2.14 bits per heavy atom. The van der Waals surface area contributed by atoms with Gasteiger partial charge >= 0.3 is 12.0 Å². The predicted molar refractivity (Wildman–Crippen MR) is 79.7 cm³/mol. The number of carboxylic acids is 1. The average molecular weight is 301 g/mol. The Balaban J connectivity index is 4.23. The average Bonchev–Trinajstić information content (AvgIpc) is 2.34. The number of hydrogen-bond acceptors (Lipinski definition) is 3. The van der Waals surface area contributed by atoms with E-state index in [9.17, 15) is 14.4 Å². The fraction of sp³-hybridized carbons (Fsp3) is 0.786. The summed E-state index contributed by atoms with van der Waals surface area (Å²) in [6, 6.07) is -0.549. The summed E-state index contributed by atoms with van der Waals surface area (Å²) in [6.07, 6.45) is 1.98. The van der Waals surface area contributed by atoms with Crippen molar-refractivity contribution in [2.24, 2.45) is 11.7 Å². The molecule has 0 fully saturated rings. The van der Waals surface area contributed by atoms with Gasteiger partial charge in [0, 0.05) is 12.1 Å². The van der Waals surface area contributed by atoms with Crippen LogP contribution in [-0.4, -0.2) is 46.5 Å². The van der Waals surface area contributed by atoms with Crippen molar-refractivity contribution in [2.75, 3.05) is 6.54 Å². The molecule has 122 valence electrons. The molecule has 0 saturated heterocycles. The van der Waals surface area contributed by atoms with Crippen LogP contribution in [0.5, 0.6) is 0 Å². The summed E-state index contributed by atoms with van der Waals surface area (Å²) in [5, 5.41) is 11.6. The van der Waals surface area contributed by atoms with Gasteiger partial charge < -0.3 is 21.1 Å². The van der Waals surface area contributed by atoms with E-state index in [1.807, 2.05) is 20.8 Å². The van der Waals surface area contributed by atoms with Gasteiger partial charge in [-0.3, -0.25) is 9.59 Å². The van der Waals surface area contributed by atoms with Crippen LogP contribution >= 0.6 is 0 Å². The number of carbonyl (C=O) groups is 3. The SMILES string of the molecule is CC(CCCC(C)C(=O)O)NC(=O)N(CC(N)=O)C(C)C. The maximum atomic E-state index is 12.0. The molecule has 0 aliphatic rings. The molecule has 0 rings (SSSR count). The number of carboxylic acid groups (broad SMARTS) is 1. The van der Waals surface area contributed by atoms with Gasteiger partial charge in [-0.05, 0) is 33.6 Å². The van der Waals surface area contributed by atoms with Gasteiger partial charge in [-0.25, -0.2) is 4.79 Å². The van der Waals surface area contributed by atoms with Crippen molar-refractivity contribution in [3.63, 3.8) is 0 Å². The van der Waals surface area contributed by atoms with Crippen molar-refractivity contribution >= 4 is 17.9 Å². The van der Waals surface area contributed by atoms with Gasteiger partial charge in [0.25, 0.3) is 0 Å². The van der Waals surface area contributed by atoms with Crippen molar-refractivity contribution in [1.82, 2.24) is 10.2 Å². The minimum Gasteiger partial charge on any atom is -0.481 e. The Hall–Kier alpha value is -1.79. The molecule has 0 saturated carbocycles. The second kappa shape index (κ2) is 9.20. The Morgan fingerprint density at radius 2 is 1.71 bits per heavy atom. The number of amides is 3. The number of rotatable bonds is 9. The summed E-state index contributed by atoms with van der Waals surface area (Å²) < 4.78 is 0. The number of nitrogens with two attached hydrogens (primary N) is 1. The van der Waals surface area contributed by atoms with Gasteiger partial charge in [-0.15, -0.1) is 0 Å². The van der Waals surface area contributed by atoms with Crippen LogP contribution in [0.3, 0.4) is 0 Å². The fourth-order valence-corrected chi connectivity index (χ4v) is 1.88. The lowest BCUT2D eigenvalue weighted by molar-refractivity contribution is -0.141. The van der Waals surface area contributed by atoms with E-state index in [0.717, 1.165) is 0 Å². The molecule has 0 heterocycles. The van der Waals surface area contributed by atoms with Crippen molar-refractivity contribution in [3.8, 4) is 0 Å². The lowest BCUT2D eigenvalue weighted by atomic mass is 10.0. The number of hydrogen-bond donors (Lipinski definition) is 3. The van der Waals surface area contributed by atoms with Gasteiger partial charge in [0.1, 0.15) is 6.54 Å². The lowest BCUT2D eigenvalue weighted by Crippen LogP contribution is -2.50. The van der Waals surface area contributed by atoms with E-state index in [1.54, 1.807) is 6.92 Å². The highest BCUT2D eigenvalue weighted by atomic mass is 16.4. The molecule has 0 aliphatic carbocycles. The summed E-state index contributed by atoms with van der Waals surface area (Å²) in [5.74, 6) is -1.74. The molecular weight excluding hydrogens is 274 g/mol. The third-order valence-electron chi connectivity index (χ3n) is 3.28. The maximum Gasteiger partial charge on any atom is 0.318 e. The molecule has 7 heteroatoms. The molecule has 0 bridgehead atoms. The third-order valence-corrected chi connectivity index (χ3v) is 3.28. The molecule has 2 unspecified atom stereocenters. The van der Waals surface area contributed by atoms with E-state index in [-0.39, 0.29) is 30.6 Å². The number of carbonyl (C=O) groups excluding carboxylic acids is 2. The zero-order chi connectivity index (χ0) is 16.6. The van der Waals surface area contributed by atoms with Crippen LogP contribution < -0.4 is 11.1 Å². The number of nitrogens with zero attached hydrogens (tertiary/aromatic N) is 1. The minimum absolute atomic E-state index is 0.0902. The van der Waals surface area contributed by atoms with E-state index in [2.05, 4.69) is 5.32 Å². The second-order valence-corrected chi connectivity index (χ2v) is 5.71. The summed E-state index contributed by atoms with van der Waals surface area (Å²) >= 11 is 0. The summed E-state index contributed by atoms with van der Waals surface area (Å²) in [4.78, 5) is 35.1. The Kier molecular flexibility index (Phi) is 8.42. The quantitative estimate of drug-likeness (QED) is 0.593. The number of primary amides is 1. The van der Waals surface area contributed by atoms with E-state index < -0.39 is 11.9 Å². The molecule has 0 spiro atoms. The van der Waals surface area contributed by atoms with Gasteiger partial charge in [0.05, 0.1) is 5.92 Å². The first kappa shape index (κ1) is 19.2. The summed E-state index contributed by atoms with van der Waals surface area (Å²) in [6.45, 7) is 7.01. The highest BCUT2D eigenvalue weighted by Gasteiger charge is 2.20. The van der Waals surface area contributed by atoms with Crippen LogP contribution in [0.2, 0.25) is 0 Å². The second-order valence-electron chi connectivity index (χ2n) is 5.71. The molecule has 4 N–H and O–H groups in total. The van der Waals surface area contributed by atoms with Crippen LogP contribution in [0.1, 0.15) is 47.0 Å². The first-order valence-corrected chi connectivity index (χ1v) is 7.23. The van der Waals surface area contributed by atoms with E-state index >= 15 is 0 Å². The van der Waals surface area contributed by atoms with Crippen LogP contribution in [0, 0.1) is 5.92 Å². The topological polar surface area (TPSA) is 113 Å². The van der Waals surface area contributed by atoms with Gasteiger partial charge in [0.2, 0.25) is 5.91 Å². The molecule has 2 atom stereocenters. The van der Waals surface area contributed by atoms with Crippen molar-refractivity contribution in [3.05, 3.63) is 0 Å². The Labute approximate surface area is 125 Å². The zero-order valence-electron chi connectivity index (χ0n) is 13.3. The molecule has 0 aromatic rings. The molecule has 7 nitrogen and oxygen atoms in total. The standard InChI is InChI=1S/C14H27N3O4/c1-9(2)17(8-12(15)18)14(21)16-11(4)7-5-6-10(3)13(19)20/h9-11H,5-8H2,1-4H3,(H2,15,18)(H,16,21)(H,19,20). The monoisotopic (exact) mass is 301 g/mol. The van der Waals surface area contributed by atoms with Gasteiger partial charge in [-0.1, -0.05) is 13.3 Å². The number of urea groups is 1. The number of nitrogens with one attached hydrogen (secondary N) is 1.